The zero-order valence-corrected chi connectivity index (χ0v) is 16.1. The quantitative estimate of drug-likeness (QED) is 0.249. The molecule has 0 aromatic heterocycles. The standard InChI is InChI=1S/C17H22N4O8/c1-10(23)6-18-17(26)11(2)19-16(25)8-20(9-22)7-12-4-13(21(27)28)15(29-3)5-14(12)24/h4-5,9,11,24H,6-8H2,1-3H3,(H,18,26)(H,19,25). The molecule has 3 amide bonds. The van der Waals surface area contributed by atoms with E-state index in [2.05, 4.69) is 10.6 Å². The van der Waals surface area contributed by atoms with E-state index in [0.29, 0.717) is 6.41 Å². The minimum atomic E-state index is -0.953. The van der Waals surface area contributed by atoms with Gasteiger partial charge in [0.25, 0.3) is 0 Å². The lowest BCUT2D eigenvalue weighted by molar-refractivity contribution is -0.385. The number of phenols is 1. The van der Waals surface area contributed by atoms with E-state index in [1.54, 1.807) is 0 Å². The Labute approximate surface area is 166 Å². The smallest absolute Gasteiger partial charge is 0.311 e. The monoisotopic (exact) mass is 410 g/mol. The number of aromatic hydroxyl groups is 1. The molecular formula is C17H22N4O8. The highest BCUT2D eigenvalue weighted by molar-refractivity contribution is 5.90. The van der Waals surface area contributed by atoms with Crippen LogP contribution in [0.1, 0.15) is 19.4 Å². The number of Topliss-reactive ketones (excluding diaryl/α,β-unsaturated/α-hetero) is 1. The van der Waals surface area contributed by atoms with Crippen LogP contribution >= 0.6 is 0 Å². The number of hydrogen-bond donors (Lipinski definition) is 3. The largest absolute Gasteiger partial charge is 0.507 e. The summed E-state index contributed by atoms with van der Waals surface area (Å²) < 4.78 is 4.83. The van der Waals surface area contributed by atoms with Gasteiger partial charge in [0.2, 0.25) is 24.0 Å². The van der Waals surface area contributed by atoms with Crippen molar-refractivity contribution in [2.24, 2.45) is 0 Å². The van der Waals surface area contributed by atoms with E-state index < -0.39 is 35.0 Å². The molecule has 1 aromatic rings. The molecule has 3 N–H and O–H groups in total. The summed E-state index contributed by atoms with van der Waals surface area (Å²) in [5.41, 5.74) is -0.379. The van der Waals surface area contributed by atoms with Crippen LogP contribution in [0.15, 0.2) is 12.1 Å². The number of methoxy groups -OCH3 is 1. The number of phenolic OH excluding ortho intramolecular Hbond substituents is 1. The van der Waals surface area contributed by atoms with Gasteiger partial charge in [0.15, 0.2) is 0 Å². The van der Waals surface area contributed by atoms with E-state index in [1.807, 2.05) is 0 Å². The first kappa shape index (κ1) is 23.3. The average molecular weight is 410 g/mol. The van der Waals surface area contributed by atoms with Gasteiger partial charge < -0.3 is 25.4 Å². The van der Waals surface area contributed by atoms with Gasteiger partial charge in [-0.2, -0.15) is 0 Å². The van der Waals surface area contributed by atoms with Gasteiger partial charge in [-0.1, -0.05) is 0 Å². The second-order valence-corrected chi connectivity index (χ2v) is 6.13. The Balaban J connectivity index is 2.79. The molecule has 12 nitrogen and oxygen atoms in total. The topological polar surface area (TPSA) is 168 Å². The van der Waals surface area contributed by atoms with Crippen molar-refractivity contribution in [3.8, 4) is 11.5 Å². The van der Waals surface area contributed by atoms with Gasteiger partial charge >= 0.3 is 5.69 Å². The number of hydrogen-bond acceptors (Lipinski definition) is 8. The molecule has 0 spiro atoms. The van der Waals surface area contributed by atoms with E-state index in [4.69, 9.17) is 4.74 Å². The molecule has 0 aliphatic carbocycles. The zero-order valence-electron chi connectivity index (χ0n) is 16.1. The first-order valence-corrected chi connectivity index (χ1v) is 8.39. The van der Waals surface area contributed by atoms with Gasteiger partial charge in [0.05, 0.1) is 25.1 Å². The number of ketones is 1. The molecule has 1 aromatic carbocycles. The third kappa shape index (κ3) is 7.08. The molecule has 0 saturated heterocycles. The summed E-state index contributed by atoms with van der Waals surface area (Å²) in [5, 5.41) is 25.8. The fourth-order valence-corrected chi connectivity index (χ4v) is 2.28. The number of nitro benzene ring substituents is 1. The summed E-state index contributed by atoms with van der Waals surface area (Å²) in [5.74, 6) is -2.01. The molecule has 0 fully saturated rings. The molecular weight excluding hydrogens is 388 g/mol. The van der Waals surface area contributed by atoms with Crippen LogP contribution in [0.3, 0.4) is 0 Å². The van der Waals surface area contributed by atoms with Crippen molar-refractivity contribution in [2.75, 3.05) is 20.2 Å². The van der Waals surface area contributed by atoms with E-state index in [1.165, 1.54) is 21.0 Å². The highest BCUT2D eigenvalue weighted by Gasteiger charge is 2.22. The van der Waals surface area contributed by atoms with Crippen LogP contribution < -0.4 is 15.4 Å². The molecule has 12 heteroatoms. The molecule has 0 heterocycles. The summed E-state index contributed by atoms with van der Waals surface area (Å²) in [6.07, 6.45) is 0.329. The van der Waals surface area contributed by atoms with Gasteiger partial charge in [-0.15, -0.1) is 0 Å². The number of nitrogens with zero attached hydrogens (tertiary/aromatic N) is 2. The van der Waals surface area contributed by atoms with E-state index in [9.17, 15) is 34.4 Å². The minimum Gasteiger partial charge on any atom is -0.507 e. The van der Waals surface area contributed by atoms with Crippen LogP contribution in [-0.2, 0) is 25.7 Å². The number of nitrogens with one attached hydrogen (secondary N) is 2. The summed E-state index contributed by atoms with van der Waals surface area (Å²) in [4.78, 5) is 57.3. The van der Waals surface area contributed by atoms with Gasteiger partial charge in [0, 0.05) is 24.2 Å². The van der Waals surface area contributed by atoms with Crippen LogP contribution in [-0.4, -0.2) is 65.2 Å². The van der Waals surface area contributed by atoms with Crippen molar-refractivity contribution in [3.05, 3.63) is 27.8 Å². The first-order chi connectivity index (χ1) is 13.6. The maximum atomic E-state index is 12.1. The summed E-state index contributed by atoms with van der Waals surface area (Å²) in [6.45, 7) is 1.77. The van der Waals surface area contributed by atoms with Crippen molar-refractivity contribution in [1.29, 1.82) is 0 Å². The van der Waals surface area contributed by atoms with Crippen LogP contribution in [0, 0.1) is 10.1 Å². The van der Waals surface area contributed by atoms with Crippen LogP contribution in [0.4, 0.5) is 5.69 Å². The number of carbonyl (C=O) groups excluding carboxylic acids is 4. The molecule has 1 atom stereocenters. The predicted octanol–water partition coefficient (Wildman–Crippen LogP) is -0.523. The molecule has 1 rings (SSSR count). The lowest BCUT2D eigenvalue weighted by Crippen LogP contribution is -2.48. The number of benzene rings is 1. The third-order valence-corrected chi connectivity index (χ3v) is 3.73. The number of nitro groups is 1. The molecule has 29 heavy (non-hydrogen) atoms. The highest BCUT2D eigenvalue weighted by atomic mass is 16.6. The average Bonchev–Trinajstić information content (AvgIpc) is 2.65. The van der Waals surface area contributed by atoms with E-state index >= 15 is 0 Å². The van der Waals surface area contributed by atoms with E-state index in [-0.39, 0.29) is 35.9 Å². The Morgan fingerprint density at radius 3 is 2.55 bits per heavy atom. The summed E-state index contributed by atoms with van der Waals surface area (Å²) >= 11 is 0. The Morgan fingerprint density at radius 1 is 1.38 bits per heavy atom. The second kappa shape index (κ2) is 10.6. The van der Waals surface area contributed by atoms with Crippen molar-refractivity contribution in [1.82, 2.24) is 15.5 Å². The molecule has 0 bridgehead atoms. The summed E-state index contributed by atoms with van der Waals surface area (Å²) in [6, 6.07) is 1.13. The third-order valence-electron chi connectivity index (χ3n) is 3.73. The first-order valence-electron chi connectivity index (χ1n) is 8.39. The van der Waals surface area contributed by atoms with E-state index in [0.717, 1.165) is 17.0 Å². The maximum Gasteiger partial charge on any atom is 0.311 e. The van der Waals surface area contributed by atoms with Crippen molar-refractivity contribution in [2.45, 2.75) is 26.4 Å². The van der Waals surface area contributed by atoms with Crippen LogP contribution in [0.2, 0.25) is 0 Å². The number of ether oxygens (including phenoxy) is 1. The molecule has 0 saturated carbocycles. The van der Waals surface area contributed by atoms with Gasteiger partial charge in [-0.05, 0) is 13.8 Å². The Kier molecular flexibility index (Phi) is 8.52. The summed E-state index contributed by atoms with van der Waals surface area (Å²) in [7, 11) is 1.21. The van der Waals surface area contributed by atoms with Gasteiger partial charge in [-0.3, -0.25) is 29.3 Å². The highest BCUT2D eigenvalue weighted by Crippen LogP contribution is 2.34. The molecule has 0 aliphatic heterocycles. The SMILES string of the molecule is COc1cc(O)c(CN(C=O)CC(=O)NC(C)C(=O)NCC(C)=O)cc1[N+](=O)[O-]. The number of rotatable bonds is 11. The van der Waals surface area contributed by atoms with Crippen molar-refractivity contribution in [3.63, 3.8) is 0 Å². The van der Waals surface area contributed by atoms with Crippen LogP contribution in [0.25, 0.3) is 0 Å². The van der Waals surface area contributed by atoms with Gasteiger partial charge in [0.1, 0.15) is 17.6 Å². The fraction of sp³-hybridized carbons (Fsp3) is 0.412. The molecule has 1 unspecified atom stereocenters. The Morgan fingerprint density at radius 2 is 2.03 bits per heavy atom. The molecule has 158 valence electrons. The Hall–Kier alpha value is -3.70. The van der Waals surface area contributed by atoms with Crippen molar-refractivity contribution < 1.29 is 33.9 Å². The minimum absolute atomic E-state index is 0.0321. The predicted molar refractivity (Wildman–Crippen MR) is 99.1 cm³/mol. The number of amides is 3. The van der Waals surface area contributed by atoms with Crippen molar-refractivity contribution >= 4 is 29.7 Å². The Bertz CT molecular complexity index is 811. The number of carbonyl (C=O) groups is 4. The lowest BCUT2D eigenvalue weighted by Gasteiger charge is -2.20. The maximum absolute atomic E-state index is 12.1. The fourth-order valence-electron chi connectivity index (χ4n) is 2.28. The zero-order chi connectivity index (χ0) is 22.1. The normalized spacial score (nSPS) is 11.1. The second-order valence-electron chi connectivity index (χ2n) is 6.13. The molecule has 0 aliphatic rings. The lowest BCUT2D eigenvalue weighted by atomic mass is 10.1. The van der Waals surface area contributed by atoms with Crippen LogP contribution in [0.5, 0.6) is 11.5 Å². The molecule has 0 radical (unpaired) electrons. The van der Waals surface area contributed by atoms with Gasteiger partial charge in [-0.25, -0.2) is 0 Å².